The molecule has 0 atom stereocenters. The third kappa shape index (κ3) is 3.36. The van der Waals surface area contributed by atoms with Crippen LogP contribution < -0.4 is 0 Å². The van der Waals surface area contributed by atoms with Crippen molar-refractivity contribution in [3.8, 4) is 0 Å². The Morgan fingerprint density at radius 3 is 2.92 bits per heavy atom. The van der Waals surface area contributed by atoms with Crippen LogP contribution in [-0.2, 0) is 19.5 Å². The van der Waals surface area contributed by atoms with E-state index in [0.717, 1.165) is 61.9 Å². The number of fused-ring (bicyclic) bond motifs is 1. The van der Waals surface area contributed by atoms with E-state index in [4.69, 9.17) is 4.98 Å². The molecule has 5 nitrogen and oxygen atoms in total. The summed E-state index contributed by atoms with van der Waals surface area (Å²) in [6.45, 7) is 5.77. The summed E-state index contributed by atoms with van der Waals surface area (Å²) in [5.74, 6) is 0.849. The normalized spacial score (nSPS) is 18.1. The van der Waals surface area contributed by atoms with Crippen LogP contribution in [0.25, 0.3) is 0 Å². The van der Waals surface area contributed by atoms with Crippen molar-refractivity contribution in [1.82, 2.24) is 19.9 Å². The molecule has 0 saturated carbocycles. The number of aryl methyl sites for hydroxylation is 1. The molecule has 2 aliphatic rings. The van der Waals surface area contributed by atoms with E-state index in [1.165, 1.54) is 24.1 Å². The highest BCUT2D eigenvalue weighted by Gasteiger charge is 2.20. The van der Waals surface area contributed by atoms with Gasteiger partial charge in [0.1, 0.15) is 0 Å². The summed E-state index contributed by atoms with van der Waals surface area (Å²) in [4.78, 5) is 21.0. The van der Waals surface area contributed by atoms with Crippen LogP contribution in [0.3, 0.4) is 0 Å². The molecule has 0 amide bonds. The number of pyridine rings is 1. The highest BCUT2D eigenvalue weighted by atomic mass is 15.1. The van der Waals surface area contributed by atoms with Gasteiger partial charge in [-0.3, -0.25) is 14.9 Å². The van der Waals surface area contributed by atoms with Crippen LogP contribution in [0.1, 0.15) is 47.7 Å². The van der Waals surface area contributed by atoms with Gasteiger partial charge < -0.3 is 0 Å². The summed E-state index contributed by atoms with van der Waals surface area (Å²) in [6, 6.07) is 6.22. The molecule has 0 aromatic carbocycles. The predicted octanol–water partition coefficient (Wildman–Crippen LogP) is 2.71. The van der Waals surface area contributed by atoms with Gasteiger partial charge in [0, 0.05) is 50.1 Å². The van der Waals surface area contributed by atoms with Crippen LogP contribution in [0, 0.1) is 6.92 Å². The lowest BCUT2D eigenvalue weighted by molar-refractivity contribution is 0.240. The van der Waals surface area contributed by atoms with Crippen molar-refractivity contribution in [3.63, 3.8) is 0 Å². The summed E-state index contributed by atoms with van der Waals surface area (Å²) < 4.78 is 0. The van der Waals surface area contributed by atoms with E-state index >= 15 is 0 Å². The van der Waals surface area contributed by atoms with E-state index in [1.54, 1.807) is 0 Å². The number of rotatable bonds is 3. The SMILES string of the molecule is Cc1cccc(CN2CCc3nc(C4=NCCCC4)ncc3C2)n1. The molecule has 0 fully saturated rings. The second-order valence-corrected chi connectivity index (χ2v) is 6.68. The third-order valence-electron chi connectivity index (χ3n) is 4.73. The summed E-state index contributed by atoms with van der Waals surface area (Å²) >= 11 is 0. The molecule has 0 aliphatic carbocycles. The van der Waals surface area contributed by atoms with E-state index in [1.807, 2.05) is 19.2 Å². The van der Waals surface area contributed by atoms with Gasteiger partial charge in [-0.2, -0.15) is 0 Å². The molecular formula is C19H23N5. The van der Waals surface area contributed by atoms with Crippen molar-refractivity contribution >= 4 is 5.71 Å². The van der Waals surface area contributed by atoms with Gasteiger partial charge in [-0.25, -0.2) is 9.97 Å². The zero-order valence-electron chi connectivity index (χ0n) is 14.2. The standard InChI is InChI=1S/C19H23N5/c1-14-5-4-6-16(22-14)13-24-10-8-17-15(12-24)11-21-19(23-17)18-7-2-3-9-20-18/h4-6,11H,2-3,7-10,12-13H2,1H3. The molecule has 0 unspecified atom stereocenters. The van der Waals surface area contributed by atoms with Gasteiger partial charge >= 0.3 is 0 Å². The lowest BCUT2D eigenvalue weighted by Crippen LogP contribution is -2.31. The first-order valence-electron chi connectivity index (χ1n) is 8.81. The second kappa shape index (κ2) is 6.77. The molecule has 2 aromatic heterocycles. The fourth-order valence-corrected chi connectivity index (χ4v) is 3.45. The summed E-state index contributed by atoms with van der Waals surface area (Å²) in [7, 11) is 0. The average Bonchev–Trinajstić information content (AvgIpc) is 2.62. The Morgan fingerprint density at radius 1 is 1.12 bits per heavy atom. The van der Waals surface area contributed by atoms with Crippen molar-refractivity contribution < 1.29 is 0 Å². The molecule has 0 radical (unpaired) electrons. The monoisotopic (exact) mass is 321 g/mol. The molecule has 2 aromatic rings. The highest BCUT2D eigenvalue weighted by molar-refractivity contribution is 5.97. The van der Waals surface area contributed by atoms with Crippen LogP contribution >= 0.6 is 0 Å². The van der Waals surface area contributed by atoms with Gasteiger partial charge in [0.2, 0.25) is 0 Å². The van der Waals surface area contributed by atoms with Gasteiger partial charge in [-0.05, 0) is 38.3 Å². The third-order valence-corrected chi connectivity index (χ3v) is 4.73. The number of hydrogen-bond acceptors (Lipinski definition) is 5. The van der Waals surface area contributed by atoms with Crippen LogP contribution in [0.15, 0.2) is 29.4 Å². The Morgan fingerprint density at radius 2 is 2.08 bits per heavy atom. The predicted molar refractivity (Wildman–Crippen MR) is 94.1 cm³/mol. The summed E-state index contributed by atoms with van der Waals surface area (Å²) in [5.41, 5.74) is 5.74. The minimum atomic E-state index is 0.849. The van der Waals surface area contributed by atoms with Crippen molar-refractivity contribution in [2.24, 2.45) is 4.99 Å². The minimum absolute atomic E-state index is 0.849. The average molecular weight is 321 g/mol. The van der Waals surface area contributed by atoms with Crippen molar-refractivity contribution in [2.45, 2.75) is 45.7 Å². The first-order chi connectivity index (χ1) is 11.8. The van der Waals surface area contributed by atoms with Gasteiger partial charge in [0.05, 0.1) is 17.1 Å². The maximum absolute atomic E-state index is 4.81. The molecule has 0 bridgehead atoms. The zero-order chi connectivity index (χ0) is 16.4. The van der Waals surface area contributed by atoms with Gasteiger partial charge in [0.25, 0.3) is 0 Å². The first-order valence-corrected chi connectivity index (χ1v) is 8.81. The molecule has 2 aliphatic heterocycles. The van der Waals surface area contributed by atoms with Crippen LogP contribution in [0.4, 0.5) is 0 Å². The molecule has 0 spiro atoms. The van der Waals surface area contributed by atoms with E-state index in [2.05, 4.69) is 32.0 Å². The van der Waals surface area contributed by atoms with Crippen molar-refractivity contribution in [3.05, 3.63) is 52.9 Å². The number of hydrogen-bond donors (Lipinski definition) is 0. The number of aromatic nitrogens is 3. The van der Waals surface area contributed by atoms with E-state index in [-0.39, 0.29) is 0 Å². The number of nitrogens with zero attached hydrogens (tertiary/aromatic N) is 5. The highest BCUT2D eigenvalue weighted by Crippen LogP contribution is 2.19. The minimum Gasteiger partial charge on any atom is -0.293 e. The lowest BCUT2D eigenvalue weighted by Gasteiger charge is -2.28. The van der Waals surface area contributed by atoms with Crippen LogP contribution in [0.2, 0.25) is 0 Å². The van der Waals surface area contributed by atoms with Gasteiger partial charge in [-0.15, -0.1) is 0 Å². The van der Waals surface area contributed by atoms with Crippen molar-refractivity contribution in [2.75, 3.05) is 13.1 Å². The second-order valence-electron chi connectivity index (χ2n) is 6.68. The molecule has 4 rings (SSSR count). The Kier molecular flexibility index (Phi) is 4.34. The smallest absolute Gasteiger partial charge is 0.173 e. The van der Waals surface area contributed by atoms with Crippen LogP contribution in [0.5, 0.6) is 0 Å². The maximum atomic E-state index is 4.81. The molecular weight excluding hydrogens is 298 g/mol. The van der Waals surface area contributed by atoms with Gasteiger partial charge in [-0.1, -0.05) is 6.07 Å². The molecule has 4 heterocycles. The largest absolute Gasteiger partial charge is 0.293 e. The Hall–Kier alpha value is -2.14. The Bertz CT molecular complexity index is 768. The Labute approximate surface area is 142 Å². The van der Waals surface area contributed by atoms with E-state index in [9.17, 15) is 0 Å². The number of aliphatic imine (C=N–C) groups is 1. The van der Waals surface area contributed by atoms with E-state index in [0.29, 0.717) is 0 Å². The van der Waals surface area contributed by atoms with Gasteiger partial charge in [0.15, 0.2) is 5.82 Å². The van der Waals surface area contributed by atoms with Crippen LogP contribution in [-0.4, -0.2) is 38.7 Å². The quantitative estimate of drug-likeness (QED) is 0.872. The first kappa shape index (κ1) is 15.4. The van der Waals surface area contributed by atoms with Crippen molar-refractivity contribution in [1.29, 1.82) is 0 Å². The maximum Gasteiger partial charge on any atom is 0.173 e. The molecule has 24 heavy (non-hydrogen) atoms. The zero-order valence-corrected chi connectivity index (χ0v) is 14.2. The fourth-order valence-electron chi connectivity index (χ4n) is 3.45. The summed E-state index contributed by atoms with van der Waals surface area (Å²) in [6.07, 6.45) is 6.39. The molecule has 124 valence electrons. The van der Waals surface area contributed by atoms with E-state index < -0.39 is 0 Å². The Balaban J connectivity index is 1.48. The summed E-state index contributed by atoms with van der Waals surface area (Å²) in [5, 5.41) is 0. The molecule has 5 heteroatoms. The fraction of sp³-hybridized carbons (Fsp3) is 0.474. The lowest BCUT2D eigenvalue weighted by atomic mass is 10.1. The topological polar surface area (TPSA) is 54.3 Å². The molecule has 0 saturated heterocycles. The molecule has 0 N–H and O–H groups in total.